The van der Waals surface area contributed by atoms with E-state index in [0.29, 0.717) is 12.8 Å². The van der Waals surface area contributed by atoms with E-state index < -0.39 is 20.8 Å². The molecule has 0 atom stereocenters. The summed E-state index contributed by atoms with van der Waals surface area (Å²) in [6.07, 6.45) is 8.36. The van der Waals surface area contributed by atoms with Gasteiger partial charge in [-0.15, -0.1) is 69.1 Å². The van der Waals surface area contributed by atoms with E-state index in [1.54, 1.807) is 0 Å². The molecule has 0 aliphatic heterocycles. The van der Waals surface area contributed by atoms with Crippen LogP contribution in [0.5, 0.6) is 0 Å². The number of halogens is 2. The van der Waals surface area contributed by atoms with Gasteiger partial charge in [0, 0.05) is 0 Å². The van der Waals surface area contributed by atoms with Crippen molar-refractivity contribution in [3.8, 4) is 22.3 Å². The number of nitrogens with one attached hydrogen (secondary N) is 2. The first-order valence-corrected chi connectivity index (χ1v) is 23.4. The van der Waals surface area contributed by atoms with Crippen LogP contribution in [0.4, 0.5) is 0 Å². The van der Waals surface area contributed by atoms with Gasteiger partial charge in [0.25, 0.3) is 0 Å². The van der Waals surface area contributed by atoms with Crippen molar-refractivity contribution in [2.24, 2.45) is 0 Å². The minimum atomic E-state index is -0.826. The number of aryl methyl sites for hydroxylation is 4. The van der Waals surface area contributed by atoms with Crippen LogP contribution in [0, 0.1) is 13.8 Å². The second-order valence-electron chi connectivity index (χ2n) is 12.0. The molecule has 0 aromatic heterocycles. The fourth-order valence-corrected chi connectivity index (χ4v) is 5.98. The molecule has 0 spiro atoms. The Balaban J connectivity index is 0.000000214. The van der Waals surface area contributed by atoms with E-state index in [-0.39, 0.29) is 0 Å². The molecule has 257 valence electrons. The number of hydrogen-bond donors (Lipinski definition) is 2. The van der Waals surface area contributed by atoms with Crippen molar-refractivity contribution in [2.75, 3.05) is 0 Å². The number of hydrogen-bond acceptors (Lipinski definition) is 2. The molecule has 0 aliphatic rings. The molecule has 0 aliphatic carbocycles. The molecule has 0 unspecified atom stereocenters. The van der Waals surface area contributed by atoms with E-state index in [1.807, 2.05) is 0 Å². The number of benzene rings is 4. The van der Waals surface area contributed by atoms with Crippen molar-refractivity contribution in [1.29, 1.82) is 0 Å². The van der Waals surface area contributed by atoms with Gasteiger partial charge in [0.05, 0.1) is 0 Å². The molecule has 2 amide bonds. The molecule has 1 radical (unpaired) electrons. The van der Waals surface area contributed by atoms with E-state index in [2.05, 4.69) is 147 Å². The molecule has 6 aromatic rings. The summed E-state index contributed by atoms with van der Waals surface area (Å²) in [4.78, 5) is 18.8. The van der Waals surface area contributed by atoms with Crippen molar-refractivity contribution in [1.82, 2.24) is 10.5 Å². The first kappa shape index (κ1) is 41.0. The van der Waals surface area contributed by atoms with Crippen molar-refractivity contribution in [3.05, 3.63) is 131 Å². The molecule has 8 heteroatoms. The molecule has 0 bridgehead atoms. The van der Waals surface area contributed by atoms with Gasteiger partial charge in [0.15, 0.2) is 12.8 Å². The predicted octanol–water partition coefficient (Wildman–Crippen LogP) is 11.1. The first-order valence-electron chi connectivity index (χ1n) is 17.1. The van der Waals surface area contributed by atoms with Crippen LogP contribution in [0.15, 0.2) is 109 Å². The average molecular weight is 784 g/mol. The summed E-state index contributed by atoms with van der Waals surface area (Å²) in [6.45, 7) is 8.88. The maximum absolute atomic E-state index is 9.38. The SMILES string of the molecule is CCCCc1cc2c(-c3ccccc3C)cccc2[cH-]1.CCCCc1cc2c(-c3ccccc3C)cccc2[cH-]1.O=CN[B]NC=O.[Cl][Zr+2][Cl]. The summed E-state index contributed by atoms with van der Waals surface area (Å²) in [6, 6.07) is 40.1. The van der Waals surface area contributed by atoms with Gasteiger partial charge in [-0.05, 0) is 48.9 Å². The van der Waals surface area contributed by atoms with Crippen molar-refractivity contribution >= 4 is 58.9 Å². The third-order valence-corrected chi connectivity index (χ3v) is 8.43. The van der Waals surface area contributed by atoms with Crippen molar-refractivity contribution < 1.29 is 30.4 Å². The topological polar surface area (TPSA) is 58.2 Å². The molecule has 50 heavy (non-hydrogen) atoms. The van der Waals surface area contributed by atoms with Crippen LogP contribution in [-0.4, -0.2) is 20.4 Å². The fraction of sp³-hybridized carbons (Fsp3) is 0.238. The molecular formula is C42H46BCl2N2O2Zr. The Morgan fingerprint density at radius 1 is 0.620 bits per heavy atom. The van der Waals surface area contributed by atoms with Crippen LogP contribution in [-0.2, 0) is 43.3 Å². The Morgan fingerprint density at radius 3 is 1.36 bits per heavy atom. The Morgan fingerprint density at radius 2 is 1.00 bits per heavy atom. The standard InChI is InChI=1S/2C20H21.C2H4BN2O2.2ClH.Zr/c2*1-3-4-9-16-13-17-10-7-12-19(20(17)14-16)18-11-6-5-8-15(18)2;6-1-4-3-5-2-7;;;/h2*5-8,10-14H,3-4,9H2,1-2H3;1-2H,(H,4,6)(H,5,7);2*1H;/q2*-1;;;;+4/p-2. The molecule has 0 heterocycles. The number of unbranched alkanes of at least 4 members (excludes halogenated alkanes) is 2. The summed E-state index contributed by atoms with van der Waals surface area (Å²) in [5.74, 6) is 0. The Bertz CT molecular complexity index is 1770. The van der Waals surface area contributed by atoms with E-state index in [0.717, 1.165) is 7.55 Å². The molecule has 6 aromatic carbocycles. The Labute approximate surface area is 317 Å². The summed E-state index contributed by atoms with van der Waals surface area (Å²) < 4.78 is 0. The van der Waals surface area contributed by atoms with Crippen LogP contribution < -0.4 is 10.5 Å². The molecule has 0 saturated heterocycles. The molecule has 2 N–H and O–H groups in total. The van der Waals surface area contributed by atoms with Gasteiger partial charge < -0.3 is 10.5 Å². The molecular weight excluding hydrogens is 737 g/mol. The zero-order valence-electron chi connectivity index (χ0n) is 29.4. The van der Waals surface area contributed by atoms with E-state index in [9.17, 15) is 9.59 Å². The zero-order chi connectivity index (χ0) is 36.1. The number of carbonyl (C=O) groups excluding carboxylic acids is 2. The monoisotopic (exact) mass is 781 g/mol. The summed E-state index contributed by atoms with van der Waals surface area (Å²) >= 11 is -0.826. The quantitative estimate of drug-likeness (QED) is 0.0562. The van der Waals surface area contributed by atoms with Gasteiger partial charge in [-0.1, -0.05) is 111 Å². The number of amides is 2. The third kappa shape index (κ3) is 12.4. The van der Waals surface area contributed by atoms with E-state index in [4.69, 9.17) is 17.0 Å². The van der Waals surface area contributed by atoms with Crippen LogP contribution in [0.1, 0.15) is 61.8 Å². The van der Waals surface area contributed by atoms with Crippen LogP contribution >= 0.6 is 17.0 Å². The fourth-order valence-electron chi connectivity index (χ4n) is 5.98. The number of rotatable bonds is 12. The van der Waals surface area contributed by atoms with Gasteiger partial charge in [0.2, 0.25) is 0 Å². The second-order valence-corrected chi connectivity index (χ2v) is 15.7. The number of carbonyl (C=O) groups is 2. The predicted molar refractivity (Wildman–Crippen MR) is 213 cm³/mol. The third-order valence-electron chi connectivity index (χ3n) is 8.43. The van der Waals surface area contributed by atoms with Gasteiger partial charge in [-0.2, -0.15) is 12.1 Å². The van der Waals surface area contributed by atoms with E-state index in [1.165, 1.54) is 105 Å². The Kier molecular flexibility index (Phi) is 19.0. The summed E-state index contributed by atoms with van der Waals surface area (Å²) in [5, 5.41) is 9.74. The molecule has 0 fully saturated rings. The van der Waals surface area contributed by atoms with Crippen molar-refractivity contribution in [3.63, 3.8) is 0 Å². The molecule has 0 saturated carbocycles. The summed E-state index contributed by atoms with van der Waals surface area (Å²) in [5.41, 5.74) is 11.1. The Hall–Kier alpha value is -3.43. The van der Waals surface area contributed by atoms with Crippen LogP contribution in [0.25, 0.3) is 43.8 Å². The minimum absolute atomic E-state index is 0.455. The normalized spacial score (nSPS) is 9.96. The first-order chi connectivity index (χ1) is 24.4. The molecule has 4 nitrogen and oxygen atoms in total. The summed E-state index contributed by atoms with van der Waals surface area (Å²) in [7, 11) is 11.0. The van der Waals surface area contributed by atoms with Gasteiger partial charge in [-0.3, -0.25) is 9.59 Å². The van der Waals surface area contributed by atoms with Crippen LogP contribution in [0.3, 0.4) is 0 Å². The second kappa shape index (κ2) is 23.1. The van der Waals surface area contributed by atoms with Gasteiger partial charge in [0.1, 0.15) is 0 Å². The number of fused-ring (bicyclic) bond motifs is 2. The van der Waals surface area contributed by atoms with E-state index >= 15 is 0 Å². The van der Waals surface area contributed by atoms with Crippen molar-refractivity contribution in [2.45, 2.75) is 66.2 Å². The maximum atomic E-state index is 9.38. The van der Waals surface area contributed by atoms with Gasteiger partial charge >= 0.3 is 45.4 Å². The van der Waals surface area contributed by atoms with Gasteiger partial charge in [-0.25, -0.2) is 0 Å². The van der Waals surface area contributed by atoms with Crippen LogP contribution in [0.2, 0.25) is 0 Å². The molecule has 6 rings (SSSR count). The average Bonchev–Trinajstić information content (AvgIpc) is 3.75. The zero-order valence-corrected chi connectivity index (χ0v) is 33.4.